The van der Waals surface area contributed by atoms with Crippen molar-refractivity contribution < 1.29 is 19.1 Å². The van der Waals surface area contributed by atoms with Crippen LogP contribution >= 0.6 is 0 Å². The molecule has 4 aromatic rings. The number of benzene rings is 2. The van der Waals surface area contributed by atoms with E-state index in [9.17, 15) is 9.59 Å². The summed E-state index contributed by atoms with van der Waals surface area (Å²) in [6.45, 7) is 7.79. The molecule has 4 aliphatic rings. The fourth-order valence-electron chi connectivity index (χ4n) is 7.85. The number of fused-ring (bicyclic) bond motifs is 3. The van der Waals surface area contributed by atoms with Gasteiger partial charge in [0.15, 0.2) is 11.5 Å². The van der Waals surface area contributed by atoms with Crippen LogP contribution < -0.4 is 15.5 Å². The Balaban J connectivity index is 0.985. The summed E-state index contributed by atoms with van der Waals surface area (Å²) in [6.07, 6.45) is 5.24. The molecule has 2 N–H and O–H groups in total. The number of piperidine rings is 1. The lowest BCUT2D eigenvalue weighted by Gasteiger charge is -2.36. The van der Waals surface area contributed by atoms with Gasteiger partial charge < -0.3 is 34.8 Å². The number of carbonyl (C=O) groups is 2. The maximum Gasteiger partial charge on any atom is 0.409 e. The molecule has 8 rings (SSSR count). The second-order valence-electron chi connectivity index (χ2n) is 14.1. The van der Waals surface area contributed by atoms with E-state index < -0.39 is 0 Å². The fourth-order valence-corrected chi connectivity index (χ4v) is 7.85. The Bertz CT molecular complexity index is 1830. The number of anilines is 3. The first-order chi connectivity index (χ1) is 24.9. The van der Waals surface area contributed by atoms with Crippen molar-refractivity contribution >= 4 is 40.4 Å². The number of carbonyl (C=O) groups excluding carboxylic acids is 2. The molecule has 2 aromatic heterocycles. The highest BCUT2D eigenvalue weighted by molar-refractivity contribution is 6.00. The number of likely N-dealkylation sites (tertiary alicyclic amines) is 1. The second kappa shape index (κ2) is 14.4. The van der Waals surface area contributed by atoms with Crippen molar-refractivity contribution in [1.82, 2.24) is 34.4 Å². The van der Waals surface area contributed by atoms with Gasteiger partial charge in [0, 0.05) is 62.8 Å². The van der Waals surface area contributed by atoms with E-state index in [1.54, 1.807) is 4.90 Å². The van der Waals surface area contributed by atoms with Gasteiger partial charge in [0.25, 0.3) is 0 Å². The number of nitrogens with zero attached hydrogens (tertiary/aromatic N) is 8. The average molecular weight is 695 g/mol. The van der Waals surface area contributed by atoms with Crippen LogP contribution in [0.5, 0.6) is 0 Å². The summed E-state index contributed by atoms with van der Waals surface area (Å²) in [5.41, 5.74) is 4.27. The minimum absolute atomic E-state index is 0.0960. The molecule has 4 fully saturated rings. The smallest absolute Gasteiger partial charge is 0.409 e. The van der Waals surface area contributed by atoms with E-state index >= 15 is 0 Å². The molecule has 14 nitrogen and oxygen atoms in total. The predicted octanol–water partition coefficient (Wildman–Crippen LogP) is 4.66. The van der Waals surface area contributed by atoms with Crippen LogP contribution in [0.15, 0.2) is 54.7 Å². The molecule has 0 radical (unpaired) electrons. The first-order valence-electron chi connectivity index (χ1n) is 18.0. The summed E-state index contributed by atoms with van der Waals surface area (Å²) in [4.78, 5) is 44.3. The Morgan fingerprint density at radius 3 is 2.12 bits per heavy atom. The molecule has 2 bridgehead atoms. The number of ether oxygens (including phenoxy) is 2. The molecule has 0 spiro atoms. The summed E-state index contributed by atoms with van der Waals surface area (Å²) in [7, 11) is 3.58. The van der Waals surface area contributed by atoms with Gasteiger partial charge in [-0.05, 0) is 74.7 Å². The molecule has 4 aliphatic heterocycles. The van der Waals surface area contributed by atoms with Gasteiger partial charge in [-0.1, -0.05) is 12.1 Å². The maximum absolute atomic E-state index is 12.9. The van der Waals surface area contributed by atoms with Crippen LogP contribution in [-0.2, 0) is 16.0 Å². The van der Waals surface area contributed by atoms with E-state index in [1.807, 2.05) is 47.3 Å². The number of rotatable bonds is 7. The highest BCUT2D eigenvalue weighted by Crippen LogP contribution is 2.38. The minimum atomic E-state index is -0.306. The van der Waals surface area contributed by atoms with Crippen LogP contribution in [0.1, 0.15) is 37.3 Å². The quantitative estimate of drug-likeness (QED) is 0.282. The molecule has 268 valence electrons. The van der Waals surface area contributed by atoms with Crippen molar-refractivity contribution in [3.63, 3.8) is 0 Å². The van der Waals surface area contributed by atoms with Crippen molar-refractivity contribution in [2.75, 3.05) is 82.2 Å². The number of hydrogen-bond donors (Lipinski definition) is 2. The van der Waals surface area contributed by atoms with Gasteiger partial charge in [0.2, 0.25) is 0 Å². The van der Waals surface area contributed by atoms with Gasteiger partial charge in [-0.25, -0.2) is 24.2 Å². The number of aromatic nitrogens is 4. The van der Waals surface area contributed by atoms with Crippen molar-refractivity contribution in [1.29, 1.82) is 0 Å². The van der Waals surface area contributed by atoms with Crippen molar-refractivity contribution in [2.24, 2.45) is 0 Å². The first kappa shape index (κ1) is 33.4. The van der Waals surface area contributed by atoms with Crippen LogP contribution in [0.4, 0.5) is 26.8 Å². The zero-order chi connectivity index (χ0) is 34.9. The molecule has 14 heteroatoms. The Morgan fingerprint density at radius 1 is 0.824 bits per heavy atom. The number of piperazine rings is 1. The molecular weight excluding hydrogens is 648 g/mol. The van der Waals surface area contributed by atoms with Crippen LogP contribution in [0.2, 0.25) is 0 Å². The number of morpholine rings is 1. The Labute approximate surface area is 297 Å². The number of nitrogens with one attached hydrogen (secondary N) is 2. The molecule has 6 heterocycles. The van der Waals surface area contributed by atoms with E-state index in [4.69, 9.17) is 24.5 Å². The fraction of sp³-hybridized carbons (Fsp3) is 0.486. The van der Waals surface area contributed by atoms with E-state index in [0.717, 1.165) is 86.5 Å². The highest BCUT2D eigenvalue weighted by atomic mass is 16.5. The topological polar surface area (TPSA) is 133 Å². The van der Waals surface area contributed by atoms with Crippen LogP contribution in [0.3, 0.4) is 0 Å². The number of hydrogen-bond acceptors (Lipinski definition) is 10. The van der Waals surface area contributed by atoms with Gasteiger partial charge in [0.05, 0.1) is 50.0 Å². The molecule has 2 atom stereocenters. The number of likely N-dealkylation sites (N-methyl/N-ethyl adjacent to an activating group) is 1. The van der Waals surface area contributed by atoms with Gasteiger partial charge in [-0.3, -0.25) is 4.90 Å². The van der Waals surface area contributed by atoms with E-state index in [2.05, 4.69) is 44.5 Å². The Hall–Kier alpha value is -4.79. The van der Waals surface area contributed by atoms with Crippen LogP contribution in [0.25, 0.3) is 22.4 Å². The van der Waals surface area contributed by atoms with Gasteiger partial charge in [0.1, 0.15) is 5.82 Å². The standard InChI is InChI=1S/C37H46N10O4/c1-43-17-19-44(20-18-43)22-25-3-7-27(8-4-25)39-36(48)40-28-9-5-26(6-10-28)33-41-34(46-30-11-12-31(46)24-51-23-30)32-21-38-47(35(32)42-33)29-13-15-45(16-14-29)37(49)50-2/h3-10,21,29-31H,11-20,22-24H2,1-2H3,(H2,39,40,48). The van der Waals surface area contributed by atoms with E-state index in [1.165, 1.54) is 12.7 Å². The number of urea groups is 1. The normalized spacial score (nSPS) is 21.6. The summed E-state index contributed by atoms with van der Waals surface area (Å²) < 4.78 is 12.9. The first-order valence-corrected chi connectivity index (χ1v) is 18.0. The predicted molar refractivity (Wildman–Crippen MR) is 195 cm³/mol. The molecule has 0 aliphatic carbocycles. The van der Waals surface area contributed by atoms with Crippen molar-refractivity contribution in [2.45, 2.75) is 50.4 Å². The molecule has 51 heavy (non-hydrogen) atoms. The monoisotopic (exact) mass is 694 g/mol. The Kier molecular flexibility index (Phi) is 9.45. The summed E-state index contributed by atoms with van der Waals surface area (Å²) >= 11 is 0. The van der Waals surface area contributed by atoms with E-state index in [0.29, 0.717) is 37.8 Å². The largest absolute Gasteiger partial charge is 0.453 e. The summed E-state index contributed by atoms with van der Waals surface area (Å²) in [5, 5.41) is 11.7. The molecule has 3 amide bonds. The van der Waals surface area contributed by atoms with Gasteiger partial charge >= 0.3 is 12.1 Å². The zero-order valence-corrected chi connectivity index (χ0v) is 29.3. The van der Waals surface area contributed by atoms with Crippen molar-refractivity contribution in [3.05, 3.63) is 60.3 Å². The summed E-state index contributed by atoms with van der Waals surface area (Å²) in [5.74, 6) is 1.49. The second-order valence-corrected chi connectivity index (χ2v) is 14.1. The minimum Gasteiger partial charge on any atom is -0.453 e. The van der Waals surface area contributed by atoms with Crippen LogP contribution in [0, 0.1) is 0 Å². The molecule has 4 saturated heterocycles. The van der Waals surface area contributed by atoms with Crippen molar-refractivity contribution in [3.8, 4) is 11.4 Å². The molecular formula is C37H46N10O4. The molecule has 2 unspecified atom stereocenters. The Morgan fingerprint density at radius 2 is 1.47 bits per heavy atom. The lowest BCUT2D eigenvalue weighted by atomic mass is 10.1. The summed E-state index contributed by atoms with van der Waals surface area (Å²) in [6, 6.07) is 16.0. The highest BCUT2D eigenvalue weighted by Gasteiger charge is 2.40. The molecule has 2 aromatic carbocycles. The lowest BCUT2D eigenvalue weighted by molar-refractivity contribution is 0.0904. The lowest BCUT2D eigenvalue weighted by Crippen LogP contribution is -2.46. The van der Waals surface area contributed by atoms with Gasteiger partial charge in [-0.2, -0.15) is 5.10 Å². The zero-order valence-electron chi connectivity index (χ0n) is 29.3. The number of amides is 3. The van der Waals surface area contributed by atoms with Gasteiger partial charge in [-0.15, -0.1) is 0 Å². The van der Waals surface area contributed by atoms with Crippen LogP contribution in [-0.4, -0.2) is 125 Å². The average Bonchev–Trinajstić information content (AvgIpc) is 3.69. The maximum atomic E-state index is 12.9. The third-order valence-electron chi connectivity index (χ3n) is 10.8. The SMILES string of the molecule is COC(=O)N1CCC(n2ncc3c(N4C5CCC4COC5)nc(-c4ccc(NC(=O)Nc5ccc(CN6CCN(C)CC6)cc5)cc4)nc32)CC1. The van der Waals surface area contributed by atoms with E-state index in [-0.39, 0.29) is 30.2 Å². The molecule has 0 saturated carbocycles. The third kappa shape index (κ3) is 7.08. The number of methoxy groups -OCH3 is 1. The third-order valence-corrected chi connectivity index (χ3v) is 10.8.